The Hall–Kier alpha value is -4.71. The van der Waals surface area contributed by atoms with Crippen LogP contribution in [0.4, 0.5) is 4.79 Å². The minimum Gasteiger partial charge on any atom is -0.464 e. The maximum Gasteiger partial charge on any atom is 0.416 e. The molecule has 0 bridgehead atoms. The smallest absolute Gasteiger partial charge is 0.416 e. The summed E-state index contributed by atoms with van der Waals surface area (Å²) in [5.74, 6) is 0.113. The molecule has 0 amide bonds. The lowest BCUT2D eigenvalue weighted by atomic mass is 10.2. The van der Waals surface area contributed by atoms with Crippen LogP contribution in [0.3, 0.4) is 0 Å². The van der Waals surface area contributed by atoms with Crippen LogP contribution in [-0.2, 0) is 20.6 Å². The molecule has 2 N–H and O–H groups in total. The fraction of sp³-hybridized carbons (Fsp3) is 0.130. The summed E-state index contributed by atoms with van der Waals surface area (Å²) >= 11 is 6.24. The second kappa shape index (κ2) is 8.50. The average molecular weight is 508 g/mol. The van der Waals surface area contributed by atoms with Gasteiger partial charge in [0.2, 0.25) is 0 Å². The van der Waals surface area contributed by atoms with Crippen LogP contribution in [0.2, 0.25) is 5.02 Å². The van der Waals surface area contributed by atoms with Gasteiger partial charge in [0.15, 0.2) is 22.7 Å². The number of pyridine rings is 1. The van der Waals surface area contributed by atoms with Crippen molar-refractivity contribution in [3.8, 4) is 0 Å². The SMILES string of the molecule is Cn1c(C(=NO)c2ccccn2)nc2c1c(=O)n(Cc1cc3c(Cl)cccc3n1C(=O)O)c(=O)n2C. The standard InChI is InChI=1S/C23H18ClN7O5/c1-28-18-20(26-19(28)17(27-36)15-7-3-4-9-25-15)29(2)22(33)30(21(18)32)11-12-10-13-14(24)6-5-8-16(13)31(12)23(34)35/h3-10,36H,11H2,1-2H3,(H,34,35). The van der Waals surface area contributed by atoms with E-state index in [4.69, 9.17) is 11.6 Å². The van der Waals surface area contributed by atoms with Gasteiger partial charge in [0.1, 0.15) is 0 Å². The molecule has 4 aromatic heterocycles. The van der Waals surface area contributed by atoms with Gasteiger partial charge in [0, 0.05) is 30.7 Å². The van der Waals surface area contributed by atoms with E-state index in [-0.39, 0.29) is 34.9 Å². The molecular weight excluding hydrogens is 490 g/mol. The fourth-order valence-corrected chi connectivity index (χ4v) is 4.49. The number of hydrogen-bond donors (Lipinski definition) is 2. The Balaban J connectivity index is 1.73. The van der Waals surface area contributed by atoms with Crippen molar-refractivity contribution < 1.29 is 15.1 Å². The molecule has 182 valence electrons. The summed E-state index contributed by atoms with van der Waals surface area (Å²) in [7, 11) is 2.99. The van der Waals surface area contributed by atoms with Gasteiger partial charge >= 0.3 is 11.8 Å². The molecule has 4 heterocycles. The average Bonchev–Trinajstić information content (AvgIpc) is 3.41. The van der Waals surface area contributed by atoms with Crippen LogP contribution in [0.25, 0.3) is 22.1 Å². The molecule has 0 spiro atoms. The quantitative estimate of drug-likeness (QED) is 0.215. The monoisotopic (exact) mass is 507 g/mol. The summed E-state index contributed by atoms with van der Waals surface area (Å²) in [6.45, 7) is -0.333. The van der Waals surface area contributed by atoms with Gasteiger partial charge in [0.05, 0.1) is 23.4 Å². The zero-order valence-electron chi connectivity index (χ0n) is 19.0. The number of hydrogen-bond acceptors (Lipinski definition) is 7. The van der Waals surface area contributed by atoms with Crippen LogP contribution >= 0.6 is 11.6 Å². The van der Waals surface area contributed by atoms with Crippen LogP contribution in [0.1, 0.15) is 17.2 Å². The van der Waals surface area contributed by atoms with E-state index in [0.29, 0.717) is 21.6 Å². The molecule has 0 saturated carbocycles. The highest BCUT2D eigenvalue weighted by Gasteiger charge is 2.24. The molecule has 36 heavy (non-hydrogen) atoms. The molecule has 0 aliphatic carbocycles. The predicted molar refractivity (Wildman–Crippen MR) is 131 cm³/mol. The molecule has 0 aliphatic heterocycles. The maximum absolute atomic E-state index is 13.5. The number of fused-ring (bicyclic) bond motifs is 2. The summed E-state index contributed by atoms with van der Waals surface area (Å²) < 4.78 is 4.49. The van der Waals surface area contributed by atoms with Crippen molar-refractivity contribution >= 4 is 45.5 Å². The van der Waals surface area contributed by atoms with E-state index >= 15 is 0 Å². The van der Waals surface area contributed by atoms with Crippen molar-refractivity contribution in [1.29, 1.82) is 0 Å². The molecular formula is C23H18ClN7O5. The first kappa shape index (κ1) is 23.1. The van der Waals surface area contributed by atoms with E-state index in [1.807, 2.05) is 0 Å². The van der Waals surface area contributed by atoms with Gasteiger partial charge < -0.3 is 14.9 Å². The third-order valence-electron chi connectivity index (χ3n) is 5.96. The first-order valence-electron chi connectivity index (χ1n) is 10.6. The molecule has 5 rings (SSSR count). The Morgan fingerprint density at radius 1 is 1.11 bits per heavy atom. The first-order valence-corrected chi connectivity index (χ1v) is 10.9. The highest BCUT2D eigenvalue weighted by Crippen LogP contribution is 2.27. The van der Waals surface area contributed by atoms with Gasteiger partial charge in [-0.25, -0.2) is 19.1 Å². The highest BCUT2D eigenvalue weighted by molar-refractivity contribution is 6.35. The largest absolute Gasteiger partial charge is 0.464 e. The van der Waals surface area contributed by atoms with E-state index in [9.17, 15) is 24.7 Å². The predicted octanol–water partition coefficient (Wildman–Crippen LogP) is 2.24. The summed E-state index contributed by atoms with van der Waals surface area (Å²) in [6, 6.07) is 11.4. The molecule has 12 nitrogen and oxygen atoms in total. The van der Waals surface area contributed by atoms with Crippen molar-refractivity contribution in [2.24, 2.45) is 19.3 Å². The number of aromatic nitrogens is 6. The first-order chi connectivity index (χ1) is 17.2. The summed E-state index contributed by atoms with van der Waals surface area (Å²) in [4.78, 5) is 47.3. The van der Waals surface area contributed by atoms with Crippen LogP contribution in [-0.4, -0.2) is 50.4 Å². The Morgan fingerprint density at radius 3 is 2.56 bits per heavy atom. The molecule has 0 aliphatic rings. The highest BCUT2D eigenvalue weighted by atomic mass is 35.5. The lowest BCUT2D eigenvalue weighted by Crippen LogP contribution is -2.40. The number of carboxylic acid groups (broad SMARTS) is 1. The van der Waals surface area contributed by atoms with E-state index in [1.54, 1.807) is 43.4 Å². The Morgan fingerprint density at radius 2 is 1.89 bits per heavy atom. The fourth-order valence-electron chi connectivity index (χ4n) is 4.26. The van der Waals surface area contributed by atoms with Gasteiger partial charge in [-0.1, -0.05) is 28.9 Å². The van der Waals surface area contributed by atoms with Gasteiger partial charge in [-0.15, -0.1) is 0 Å². The van der Waals surface area contributed by atoms with Crippen molar-refractivity contribution in [2.75, 3.05) is 0 Å². The molecule has 0 fully saturated rings. The van der Waals surface area contributed by atoms with Crippen molar-refractivity contribution in [1.82, 2.24) is 28.2 Å². The maximum atomic E-state index is 13.5. The summed E-state index contributed by atoms with van der Waals surface area (Å²) in [5, 5.41) is 23.6. The Labute approximate surface area is 206 Å². The molecule has 0 atom stereocenters. The number of halogens is 1. The molecule has 0 saturated heterocycles. The molecule has 1 aromatic carbocycles. The van der Waals surface area contributed by atoms with Crippen LogP contribution in [0.15, 0.2) is 63.4 Å². The number of carbonyl (C=O) groups is 1. The number of benzene rings is 1. The molecule has 5 aromatic rings. The number of aryl methyl sites for hydroxylation is 2. The Kier molecular flexibility index (Phi) is 5.44. The van der Waals surface area contributed by atoms with Crippen LogP contribution in [0, 0.1) is 0 Å². The number of oxime groups is 1. The minimum absolute atomic E-state index is 0.00773. The third-order valence-corrected chi connectivity index (χ3v) is 6.29. The van der Waals surface area contributed by atoms with Gasteiger partial charge in [0.25, 0.3) is 5.56 Å². The van der Waals surface area contributed by atoms with Gasteiger partial charge in [-0.2, -0.15) is 0 Å². The van der Waals surface area contributed by atoms with E-state index in [0.717, 1.165) is 9.13 Å². The van der Waals surface area contributed by atoms with E-state index < -0.39 is 17.3 Å². The van der Waals surface area contributed by atoms with Gasteiger partial charge in [-0.3, -0.25) is 18.9 Å². The number of nitrogens with zero attached hydrogens (tertiary/aromatic N) is 7. The van der Waals surface area contributed by atoms with Gasteiger partial charge in [-0.05, 0) is 30.3 Å². The lowest BCUT2D eigenvalue weighted by Gasteiger charge is -2.10. The second-order valence-corrected chi connectivity index (χ2v) is 8.40. The van der Waals surface area contributed by atoms with Crippen molar-refractivity contribution in [3.05, 3.63) is 91.7 Å². The lowest BCUT2D eigenvalue weighted by molar-refractivity contribution is 0.196. The van der Waals surface area contributed by atoms with Crippen molar-refractivity contribution in [2.45, 2.75) is 6.54 Å². The zero-order valence-corrected chi connectivity index (χ0v) is 19.7. The number of rotatable bonds is 4. The van der Waals surface area contributed by atoms with Crippen LogP contribution < -0.4 is 11.2 Å². The third kappa shape index (κ3) is 3.38. The molecule has 0 unspecified atom stereocenters. The zero-order chi connectivity index (χ0) is 25.7. The molecule has 0 radical (unpaired) electrons. The topological polar surface area (TPSA) is 150 Å². The summed E-state index contributed by atoms with van der Waals surface area (Å²) in [5.41, 5.74) is -0.444. The Bertz CT molecular complexity index is 1830. The number of imidazole rings is 1. The molecule has 13 heteroatoms. The van der Waals surface area contributed by atoms with Crippen LogP contribution in [0.5, 0.6) is 0 Å². The summed E-state index contributed by atoms with van der Waals surface area (Å²) in [6.07, 6.45) is 0.231. The normalized spacial score (nSPS) is 12.0. The van der Waals surface area contributed by atoms with E-state index in [2.05, 4.69) is 15.1 Å². The van der Waals surface area contributed by atoms with Crippen molar-refractivity contribution in [3.63, 3.8) is 0 Å². The minimum atomic E-state index is -1.28. The van der Waals surface area contributed by atoms with E-state index in [1.165, 1.54) is 28.4 Å². The second-order valence-electron chi connectivity index (χ2n) is 7.99.